The maximum Gasteiger partial charge on any atom is 0.413 e. The Kier molecular flexibility index (Phi) is 8.89. The fraction of sp³-hybridized carbons (Fsp3) is 0.609. The van der Waals surface area contributed by atoms with E-state index in [0.717, 1.165) is 12.8 Å². The van der Waals surface area contributed by atoms with Gasteiger partial charge in [0.15, 0.2) is 5.78 Å². The summed E-state index contributed by atoms with van der Waals surface area (Å²) >= 11 is 6.41. The number of carbonyl (C=O) groups excluding carboxylic acids is 3. The Morgan fingerprint density at radius 1 is 1.13 bits per heavy atom. The smallest absolute Gasteiger partial charge is 0.413 e. The Hall–Kier alpha value is -2.12. The highest BCUT2D eigenvalue weighted by atomic mass is 35.5. The number of hydrogen-bond donors (Lipinski definition) is 0. The molecule has 0 heterocycles. The monoisotopic (exact) mass is 452 g/mol. The summed E-state index contributed by atoms with van der Waals surface area (Å²) in [6.07, 6.45) is 2.25. The van der Waals surface area contributed by atoms with Crippen LogP contribution in [0.25, 0.3) is 0 Å². The fourth-order valence-electron chi connectivity index (χ4n) is 4.08. The minimum atomic E-state index is -1.19. The van der Waals surface area contributed by atoms with E-state index >= 15 is 0 Å². The molecule has 0 aliphatic heterocycles. The fourth-order valence-corrected chi connectivity index (χ4v) is 4.37. The van der Waals surface area contributed by atoms with Gasteiger partial charge < -0.3 is 9.47 Å². The zero-order valence-electron chi connectivity index (χ0n) is 19.0. The molecule has 1 aromatic carbocycles. The summed E-state index contributed by atoms with van der Waals surface area (Å²) in [5.74, 6) is -0.224. The van der Waals surface area contributed by atoms with Crippen molar-refractivity contribution in [1.29, 1.82) is 0 Å². The van der Waals surface area contributed by atoms with Gasteiger partial charge >= 0.3 is 12.1 Å². The number of carbonyl (C=O) groups is 3. The summed E-state index contributed by atoms with van der Waals surface area (Å²) < 4.78 is 10.4. The van der Waals surface area contributed by atoms with E-state index in [1.165, 1.54) is 11.9 Å². The Balaban J connectivity index is 2.12. The van der Waals surface area contributed by atoms with E-state index in [0.29, 0.717) is 35.8 Å². The first-order valence-corrected chi connectivity index (χ1v) is 11.0. The van der Waals surface area contributed by atoms with Crippen molar-refractivity contribution in [3.8, 4) is 0 Å². The predicted molar refractivity (Wildman–Crippen MR) is 119 cm³/mol. The van der Waals surface area contributed by atoms with Crippen molar-refractivity contribution in [3.05, 3.63) is 34.9 Å². The van der Waals surface area contributed by atoms with Gasteiger partial charge in [0, 0.05) is 24.1 Å². The van der Waals surface area contributed by atoms with E-state index in [2.05, 4.69) is 0 Å². The number of esters is 1. The molecule has 0 spiro atoms. The third-order valence-corrected chi connectivity index (χ3v) is 6.12. The van der Waals surface area contributed by atoms with Gasteiger partial charge in [0.1, 0.15) is 11.6 Å². The van der Waals surface area contributed by atoms with Crippen molar-refractivity contribution in [2.24, 2.45) is 5.92 Å². The molecular formula is C23H33ClN2O5. The van der Waals surface area contributed by atoms with Crippen molar-refractivity contribution in [3.63, 3.8) is 0 Å². The zero-order valence-corrected chi connectivity index (χ0v) is 19.8. The van der Waals surface area contributed by atoms with E-state index in [4.69, 9.17) is 21.1 Å². The Labute approximate surface area is 189 Å². The molecule has 1 aliphatic rings. The number of Topliss-reactive ketones (excluding diaryl/α,β-unsaturated/α-hetero) is 1. The number of rotatable bonds is 8. The molecule has 0 bridgehead atoms. The summed E-state index contributed by atoms with van der Waals surface area (Å²) in [5, 5.41) is 0.423. The molecule has 1 fully saturated rings. The quantitative estimate of drug-likeness (QED) is 0.434. The third-order valence-electron chi connectivity index (χ3n) is 5.79. The molecule has 0 radical (unpaired) electrons. The number of nitrogens with zero attached hydrogens (tertiary/aromatic N) is 2. The highest BCUT2D eigenvalue weighted by Gasteiger charge is 2.48. The molecule has 0 N–H and O–H groups in total. The third kappa shape index (κ3) is 5.77. The molecule has 2 atom stereocenters. The molecule has 0 aromatic heterocycles. The van der Waals surface area contributed by atoms with Crippen LogP contribution < -0.4 is 0 Å². The lowest BCUT2D eigenvalue weighted by Gasteiger charge is -2.43. The van der Waals surface area contributed by atoms with E-state index in [9.17, 15) is 14.4 Å². The lowest BCUT2D eigenvalue weighted by Crippen LogP contribution is -2.54. The molecule has 8 heteroatoms. The van der Waals surface area contributed by atoms with Gasteiger partial charge in [-0.25, -0.2) is 4.79 Å². The summed E-state index contributed by atoms with van der Waals surface area (Å²) in [6.45, 7) is 3.53. The summed E-state index contributed by atoms with van der Waals surface area (Å²) in [4.78, 5) is 41.4. The molecule has 2 rings (SSSR count). The lowest BCUT2D eigenvalue weighted by molar-refractivity contribution is -0.159. The minimum Gasteiger partial charge on any atom is -0.427 e. The first kappa shape index (κ1) is 25.1. The summed E-state index contributed by atoms with van der Waals surface area (Å²) in [6, 6.07) is 6.62. The van der Waals surface area contributed by atoms with Crippen LogP contribution in [0.2, 0.25) is 5.02 Å². The van der Waals surface area contributed by atoms with Crippen LogP contribution in [0.3, 0.4) is 0 Å². The topological polar surface area (TPSA) is 76.1 Å². The molecule has 0 saturated heterocycles. The SMILES string of the molecule is CC(C)C[C@@H](C(=O)OCOC(=O)N(C)[C@]1(c2ccccc2Cl)CCCCC1=O)N(C)C. The zero-order chi connectivity index (χ0) is 23.2. The van der Waals surface area contributed by atoms with E-state index in [1.54, 1.807) is 43.3 Å². The Morgan fingerprint density at radius 2 is 1.81 bits per heavy atom. The molecule has 31 heavy (non-hydrogen) atoms. The summed E-state index contributed by atoms with van der Waals surface area (Å²) in [5.41, 5.74) is -0.607. The van der Waals surface area contributed by atoms with Crippen LogP contribution in [0.5, 0.6) is 0 Å². The van der Waals surface area contributed by atoms with Gasteiger partial charge in [-0.2, -0.15) is 0 Å². The number of hydrogen-bond acceptors (Lipinski definition) is 6. The van der Waals surface area contributed by atoms with E-state index < -0.39 is 30.4 Å². The van der Waals surface area contributed by atoms with Gasteiger partial charge in [-0.05, 0) is 51.8 Å². The number of halogens is 1. The van der Waals surface area contributed by atoms with Crippen molar-refractivity contribution >= 4 is 29.4 Å². The first-order chi connectivity index (χ1) is 14.6. The van der Waals surface area contributed by atoms with E-state index in [-0.39, 0.29) is 5.78 Å². The average Bonchev–Trinajstić information content (AvgIpc) is 2.72. The van der Waals surface area contributed by atoms with Crippen molar-refractivity contribution < 1.29 is 23.9 Å². The lowest BCUT2D eigenvalue weighted by atomic mass is 9.74. The summed E-state index contributed by atoms with van der Waals surface area (Å²) in [7, 11) is 5.13. The molecule has 1 aromatic rings. The second kappa shape index (κ2) is 11.0. The van der Waals surface area contributed by atoms with E-state index in [1.807, 2.05) is 13.8 Å². The highest BCUT2D eigenvalue weighted by Crippen LogP contribution is 2.42. The molecule has 1 aliphatic carbocycles. The standard InChI is InChI=1S/C23H33ClN2O5/c1-16(2)14-19(25(3)4)21(28)30-15-31-22(29)26(5)23(13-9-8-12-20(23)27)17-10-6-7-11-18(17)24/h6-7,10-11,16,19H,8-9,12-15H2,1-5H3/t19-,23-/m0/s1. The van der Waals surface area contributed by atoms with Gasteiger partial charge in [0.05, 0.1) is 0 Å². The number of amides is 1. The van der Waals surface area contributed by atoms with Crippen LogP contribution >= 0.6 is 11.6 Å². The minimum absolute atomic E-state index is 0.0760. The molecular weight excluding hydrogens is 420 g/mol. The van der Waals surface area contributed by atoms with Crippen molar-refractivity contribution in [2.45, 2.75) is 57.5 Å². The normalized spacial score (nSPS) is 19.9. The second-order valence-corrected chi connectivity index (χ2v) is 9.04. The first-order valence-electron chi connectivity index (χ1n) is 10.6. The van der Waals surface area contributed by atoms with Gasteiger partial charge in [0.2, 0.25) is 6.79 Å². The van der Waals surface area contributed by atoms with Crippen LogP contribution in [0.1, 0.15) is 51.5 Å². The predicted octanol–water partition coefficient (Wildman–Crippen LogP) is 4.22. The van der Waals surface area contributed by atoms with Gasteiger partial charge in [-0.15, -0.1) is 0 Å². The van der Waals surface area contributed by atoms with Gasteiger partial charge in [-0.1, -0.05) is 43.6 Å². The number of ketones is 1. The van der Waals surface area contributed by atoms with Crippen LogP contribution in [0.4, 0.5) is 4.79 Å². The van der Waals surface area contributed by atoms with Crippen LogP contribution in [-0.4, -0.2) is 61.6 Å². The Bertz CT molecular complexity index is 798. The maximum absolute atomic E-state index is 13.1. The van der Waals surface area contributed by atoms with Crippen LogP contribution in [-0.2, 0) is 24.6 Å². The van der Waals surface area contributed by atoms with Crippen LogP contribution in [0.15, 0.2) is 24.3 Å². The number of benzene rings is 1. The Morgan fingerprint density at radius 3 is 2.39 bits per heavy atom. The maximum atomic E-state index is 13.1. The van der Waals surface area contributed by atoms with Crippen LogP contribution in [0, 0.1) is 5.92 Å². The second-order valence-electron chi connectivity index (χ2n) is 8.63. The number of likely N-dealkylation sites (N-methyl/N-ethyl adjacent to an activating group) is 2. The van der Waals surface area contributed by atoms with Crippen molar-refractivity contribution in [2.75, 3.05) is 27.9 Å². The molecule has 172 valence electrons. The van der Waals surface area contributed by atoms with Gasteiger partial charge in [0.25, 0.3) is 0 Å². The molecule has 0 unspecified atom stereocenters. The largest absolute Gasteiger partial charge is 0.427 e. The molecule has 1 amide bonds. The average molecular weight is 453 g/mol. The van der Waals surface area contributed by atoms with Crippen molar-refractivity contribution in [1.82, 2.24) is 9.80 Å². The molecule has 7 nitrogen and oxygen atoms in total. The molecule has 1 saturated carbocycles. The van der Waals surface area contributed by atoms with Gasteiger partial charge in [-0.3, -0.25) is 19.4 Å². The highest BCUT2D eigenvalue weighted by molar-refractivity contribution is 6.31. The number of ether oxygens (including phenoxy) is 2.